The molecule has 0 saturated heterocycles. The summed E-state index contributed by atoms with van der Waals surface area (Å²) in [5.41, 5.74) is -2.41. The monoisotopic (exact) mass is 441 g/mol. The number of hydrogen-bond acceptors (Lipinski definition) is 5. The summed E-state index contributed by atoms with van der Waals surface area (Å²) < 4.78 is 49.0. The van der Waals surface area contributed by atoms with E-state index in [2.05, 4.69) is 15.1 Å². The number of oxazole rings is 1. The fourth-order valence-corrected chi connectivity index (χ4v) is 3.63. The van der Waals surface area contributed by atoms with E-state index in [0.717, 1.165) is 4.52 Å². The van der Waals surface area contributed by atoms with Crippen molar-refractivity contribution >= 4 is 16.7 Å². The van der Waals surface area contributed by atoms with E-state index < -0.39 is 23.0 Å². The Kier molecular flexibility index (Phi) is 4.13. The first-order chi connectivity index (χ1) is 15.2. The highest BCUT2D eigenvalue weighted by Crippen LogP contribution is 2.38. The van der Waals surface area contributed by atoms with Crippen molar-refractivity contribution in [1.82, 2.24) is 24.1 Å². The molecule has 5 aromatic rings. The maximum atomic E-state index is 13.8. The molecule has 0 aliphatic heterocycles. The van der Waals surface area contributed by atoms with E-state index in [1.165, 1.54) is 42.9 Å². The number of aryl methyl sites for hydroxylation is 2. The third-order valence-corrected chi connectivity index (χ3v) is 5.15. The van der Waals surface area contributed by atoms with E-state index in [0.29, 0.717) is 0 Å². The lowest BCUT2D eigenvalue weighted by Crippen LogP contribution is -2.20. The van der Waals surface area contributed by atoms with Gasteiger partial charge in [-0.25, -0.2) is 9.97 Å². The third kappa shape index (κ3) is 2.85. The molecule has 0 spiro atoms. The molecule has 0 aliphatic carbocycles. The van der Waals surface area contributed by atoms with Gasteiger partial charge in [0.15, 0.2) is 16.7 Å². The van der Waals surface area contributed by atoms with Crippen LogP contribution in [0.15, 0.2) is 56.6 Å². The Hall–Kier alpha value is -4.15. The number of hydrogen-bond donors (Lipinski definition) is 1. The minimum atomic E-state index is -4.76. The fraction of sp³-hybridized carbons (Fsp3) is 0.143. The zero-order valence-electron chi connectivity index (χ0n) is 16.7. The fourth-order valence-electron chi connectivity index (χ4n) is 3.63. The molecular formula is C21H14F3N5O3. The molecule has 0 radical (unpaired) electrons. The number of aromatic nitrogens is 5. The minimum Gasteiger partial charge on any atom is -0.436 e. The van der Waals surface area contributed by atoms with Crippen molar-refractivity contribution in [3.63, 3.8) is 0 Å². The van der Waals surface area contributed by atoms with Crippen LogP contribution in [0.5, 0.6) is 0 Å². The number of pyridine rings is 1. The van der Waals surface area contributed by atoms with Gasteiger partial charge in [0, 0.05) is 13.2 Å². The minimum absolute atomic E-state index is 0.00124. The Morgan fingerprint density at radius 3 is 2.41 bits per heavy atom. The second-order valence-electron chi connectivity index (χ2n) is 7.23. The molecule has 0 amide bonds. The summed E-state index contributed by atoms with van der Waals surface area (Å²) in [5.74, 6) is -0.197. The largest absolute Gasteiger partial charge is 0.436 e. The van der Waals surface area contributed by atoms with Gasteiger partial charge >= 0.3 is 6.18 Å². The van der Waals surface area contributed by atoms with Gasteiger partial charge in [-0.2, -0.15) is 17.7 Å². The summed E-state index contributed by atoms with van der Waals surface area (Å²) in [6, 6.07) is 9.38. The number of H-pyrrole nitrogens is 1. The van der Waals surface area contributed by atoms with Crippen molar-refractivity contribution in [1.29, 1.82) is 0 Å². The molecule has 0 fully saturated rings. The predicted molar refractivity (Wildman–Crippen MR) is 109 cm³/mol. The van der Waals surface area contributed by atoms with Gasteiger partial charge in [0.05, 0.1) is 11.3 Å². The number of benzene rings is 1. The smallest absolute Gasteiger partial charge is 0.433 e. The number of alkyl halides is 3. The molecule has 5 rings (SSSR count). The SMILES string of the molecule is Cc1nc2c(-c3ccccc3)c(C(F)(F)F)[nH]n2c(=O)c1-c1nc2c(=O)n(C)ccc2o1. The zero-order valence-corrected chi connectivity index (χ0v) is 16.7. The van der Waals surface area contributed by atoms with Crippen LogP contribution in [-0.2, 0) is 13.2 Å². The lowest BCUT2D eigenvalue weighted by molar-refractivity contribution is -0.140. The predicted octanol–water partition coefficient (Wildman–Crippen LogP) is 3.52. The molecule has 1 aromatic carbocycles. The molecule has 0 atom stereocenters. The topological polar surface area (TPSA) is 98.2 Å². The number of aromatic amines is 1. The van der Waals surface area contributed by atoms with Crippen LogP contribution in [-0.4, -0.2) is 24.1 Å². The Morgan fingerprint density at radius 1 is 1.00 bits per heavy atom. The molecule has 0 saturated carbocycles. The van der Waals surface area contributed by atoms with Crippen LogP contribution in [0.3, 0.4) is 0 Å². The van der Waals surface area contributed by atoms with E-state index in [9.17, 15) is 22.8 Å². The van der Waals surface area contributed by atoms with Crippen molar-refractivity contribution in [2.45, 2.75) is 13.1 Å². The molecule has 4 aromatic heterocycles. The van der Waals surface area contributed by atoms with E-state index in [4.69, 9.17) is 4.42 Å². The summed E-state index contributed by atoms with van der Waals surface area (Å²) >= 11 is 0. The van der Waals surface area contributed by atoms with E-state index >= 15 is 0 Å². The summed E-state index contributed by atoms with van der Waals surface area (Å²) in [6.07, 6.45) is -3.28. The van der Waals surface area contributed by atoms with Crippen molar-refractivity contribution in [3.8, 4) is 22.6 Å². The first-order valence-corrected chi connectivity index (χ1v) is 9.41. The van der Waals surface area contributed by atoms with E-state index in [1.54, 1.807) is 18.2 Å². The second-order valence-corrected chi connectivity index (χ2v) is 7.23. The number of nitrogens with zero attached hydrogens (tertiary/aromatic N) is 4. The molecule has 0 aliphatic rings. The molecule has 0 unspecified atom stereocenters. The van der Waals surface area contributed by atoms with Gasteiger partial charge in [0.25, 0.3) is 11.1 Å². The number of halogens is 3. The van der Waals surface area contributed by atoms with Crippen LogP contribution in [0.25, 0.3) is 39.3 Å². The second kappa shape index (κ2) is 6.67. The average molecular weight is 441 g/mol. The van der Waals surface area contributed by atoms with Crippen LogP contribution in [0.1, 0.15) is 11.4 Å². The van der Waals surface area contributed by atoms with Gasteiger partial charge in [-0.05, 0) is 18.6 Å². The van der Waals surface area contributed by atoms with Gasteiger partial charge in [0.1, 0.15) is 11.3 Å². The summed E-state index contributed by atoms with van der Waals surface area (Å²) in [7, 11) is 1.53. The van der Waals surface area contributed by atoms with E-state index in [1.807, 2.05) is 0 Å². The highest BCUT2D eigenvalue weighted by molar-refractivity contribution is 5.82. The zero-order chi connectivity index (χ0) is 22.8. The Bertz CT molecular complexity index is 1620. The van der Waals surface area contributed by atoms with Gasteiger partial charge < -0.3 is 8.98 Å². The Balaban J connectivity index is 1.84. The van der Waals surface area contributed by atoms with Crippen molar-refractivity contribution in [3.05, 3.63) is 74.7 Å². The van der Waals surface area contributed by atoms with E-state index in [-0.39, 0.29) is 45.0 Å². The van der Waals surface area contributed by atoms with Crippen LogP contribution in [0, 0.1) is 6.92 Å². The molecule has 162 valence electrons. The van der Waals surface area contributed by atoms with Crippen LogP contribution >= 0.6 is 0 Å². The Morgan fingerprint density at radius 2 is 1.72 bits per heavy atom. The molecule has 8 nitrogen and oxygen atoms in total. The van der Waals surface area contributed by atoms with Crippen LogP contribution < -0.4 is 11.1 Å². The number of rotatable bonds is 2. The van der Waals surface area contributed by atoms with Crippen molar-refractivity contribution in [2.24, 2.45) is 7.05 Å². The quantitative estimate of drug-likeness (QED) is 0.452. The Labute approximate surface area is 176 Å². The summed E-state index contributed by atoms with van der Waals surface area (Å²) in [6.45, 7) is 1.47. The highest BCUT2D eigenvalue weighted by atomic mass is 19.4. The van der Waals surface area contributed by atoms with Crippen LogP contribution in [0.2, 0.25) is 0 Å². The van der Waals surface area contributed by atoms with Crippen molar-refractivity contribution in [2.75, 3.05) is 0 Å². The molecule has 11 heteroatoms. The number of nitrogens with one attached hydrogen (secondary N) is 1. The maximum absolute atomic E-state index is 13.8. The molecule has 4 heterocycles. The maximum Gasteiger partial charge on any atom is 0.433 e. The normalized spacial score (nSPS) is 12.2. The van der Waals surface area contributed by atoms with Gasteiger partial charge in [-0.3, -0.25) is 14.7 Å². The summed E-state index contributed by atoms with van der Waals surface area (Å²) in [5, 5.41) is 2.14. The van der Waals surface area contributed by atoms with Gasteiger partial charge in [-0.1, -0.05) is 30.3 Å². The average Bonchev–Trinajstić information content (AvgIpc) is 3.34. The first-order valence-electron chi connectivity index (χ1n) is 9.41. The third-order valence-electron chi connectivity index (χ3n) is 5.15. The number of fused-ring (bicyclic) bond motifs is 2. The lowest BCUT2D eigenvalue weighted by Gasteiger charge is -2.07. The highest BCUT2D eigenvalue weighted by Gasteiger charge is 2.38. The molecular weight excluding hydrogens is 427 g/mol. The van der Waals surface area contributed by atoms with Crippen molar-refractivity contribution < 1.29 is 17.6 Å². The summed E-state index contributed by atoms with van der Waals surface area (Å²) in [4.78, 5) is 33.9. The molecule has 1 N–H and O–H groups in total. The van der Waals surface area contributed by atoms with Crippen LogP contribution in [0.4, 0.5) is 13.2 Å². The first kappa shape index (κ1) is 19.8. The standard InChI is InChI=1S/C21H14F3N5O3/c1-10-13(18-26-15-12(32-18)8-9-28(2)20(15)31)19(30)29-17(25-10)14(11-6-4-3-5-7-11)16(27-29)21(22,23)24/h3-9,27H,1-2H3. The molecule has 0 bridgehead atoms. The lowest BCUT2D eigenvalue weighted by atomic mass is 10.1. The van der Waals surface area contributed by atoms with Gasteiger partial charge in [-0.15, -0.1) is 0 Å². The molecule has 32 heavy (non-hydrogen) atoms. The van der Waals surface area contributed by atoms with Gasteiger partial charge in [0.2, 0.25) is 5.89 Å².